The maximum atomic E-state index is 10.9. The number of nitrogens with one attached hydrogen (secondary N) is 1. The molecule has 1 aromatic carbocycles. The van der Waals surface area contributed by atoms with E-state index < -0.39 is 0 Å². The van der Waals surface area contributed by atoms with E-state index in [1.54, 1.807) is 0 Å². The molecule has 14 heavy (non-hydrogen) atoms. The summed E-state index contributed by atoms with van der Waals surface area (Å²) in [5, 5.41) is 2.62. The highest BCUT2D eigenvalue weighted by atomic mass is 32.1. The fourth-order valence-corrected chi connectivity index (χ4v) is 2.21. The van der Waals surface area contributed by atoms with Crippen LogP contribution in [0.1, 0.15) is 30.0 Å². The molecular formula is C11H13NOS. The Morgan fingerprint density at radius 1 is 1.43 bits per heavy atom. The van der Waals surface area contributed by atoms with Crippen LogP contribution in [-0.2, 0) is 6.42 Å². The highest BCUT2D eigenvalue weighted by molar-refractivity contribution is 7.96. The second-order valence-corrected chi connectivity index (χ2v) is 4.00. The summed E-state index contributed by atoms with van der Waals surface area (Å²) in [6, 6.07) is 8.44. The Kier molecular flexibility index (Phi) is 2.77. The quantitative estimate of drug-likeness (QED) is 0.681. The van der Waals surface area contributed by atoms with E-state index in [-0.39, 0.29) is 11.3 Å². The van der Waals surface area contributed by atoms with Gasteiger partial charge in [0.2, 0.25) is 0 Å². The summed E-state index contributed by atoms with van der Waals surface area (Å²) in [4.78, 5) is 10.9. The minimum atomic E-state index is -0.244. The Labute approximate surface area is 89.1 Å². The lowest BCUT2D eigenvalue weighted by Crippen LogP contribution is -2.26. The zero-order valence-corrected chi connectivity index (χ0v) is 8.76. The molecule has 1 unspecified atom stereocenters. The number of hydrogen-bond acceptors (Lipinski definition) is 1. The summed E-state index contributed by atoms with van der Waals surface area (Å²) in [6.07, 6.45) is 3.27. The van der Waals surface area contributed by atoms with Crippen LogP contribution in [0.2, 0.25) is 0 Å². The van der Waals surface area contributed by atoms with Crippen LogP contribution in [0, 0.1) is 0 Å². The molecule has 0 aliphatic heterocycles. The molecule has 1 N–H and O–H groups in total. The second kappa shape index (κ2) is 4.05. The first-order chi connectivity index (χ1) is 6.77. The van der Waals surface area contributed by atoms with Gasteiger partial charge in [-0.2, -0.15) is 0 Å². The van der Waals surface area contributed by atoms with E-state index in [0.29, 0.717) is 0 Å². The summed E-state index contributed by atoms with van der Waals surface area (Å²) in [7, 11) is 0. The maximum absolute atomic E-state index is 10.9. The Balaban J connectivity index is 2.26. The van der Waals surface area contributed by atoms with Crippen molar-refractivity contribution >= 4 is 17.9 Å². The molecule has 0 aromatic heterocycles. The van der Waals surface area contributed by atoms with Crippen molar-refractivity contribution in [3.63, 3.8) is 0 Å². The van der Waals surface area contributed by atoms with Gasteiger partial charge in [-0.1, -0.05) is 36.9 Å². The summed E-state index contributed by atoms with van der Waals surface area (Å²) >= 11 is 3.75. The summed E-state index contributed by atoms with van der Waals surface area (Å²) in [5.74, 6) is 0. The van der Waals surface area contributed by atoms with Crippen LogP contribution in [0.3, 0.4) is 0 Å². The number of hydrogen-bond donors (Lipinski definition) is 2. The molecule has 1 amide bonds. The van der Waals surface area contributed by atoms with Gasteiger partial charge in [-0.3, -0.25) is 4.79 Å². The monoisotopic (exact) mass is 207 g/mol. The second-order valence-electron chi connectivity index (χ2n) is 3.59. The first-order valence-corrected chi connectivity index (χ1v) is 5.29. The third-order valence-corrected chi connectivity index (χ3v) is 2.80. The lowest BCUT2D eigenvalue weighted by molar-refractivity contribution is 0.256. The number of amides is 1. The van der Waals surface area contributed by atoms with Crippen LogP contribution in [0.15, 0.2) is 24.3 Å². The molecule has 0 bridgehead atoms. The van der Waals surface area contributed by atoms with Crippen LogP contribution < -0.4 is 5.32 Å². The van der Waals surface area contributed by atoms with Gasteiger partial charge in [0.1, 0.15) is 0 Å². The number of fused-ring (bicyclic) bond motifs is 1. The molecule has 0 saturated carbocycles. The third kappa shape index (κ3) is 1.93. The van der Waals surface area contributed by atoms with Crippen molar-refractivity contribution < 1.29 is 4.79 Å². The van der Waals surface area contributed by atoms with Crippen LogP contribution in [0.25, 0.3) is 0 Å². The average molecular weight is 207 g/mol. The van der Waals surface area contributed by atoms with Gasteiger partial charge >= 0.3 is 0 Å². The fourth-order valence-electron chi connectivity index (χ4n) is 2.05. The highest BCUT2D eigenvalue weighted by Crippen LogP contribution is 2.29. The number of aryl methyl sites for hydroxylation is 1. The van der Waals surface area contributed by atoms with Crippen molar-refractivity contribution in [1.29, 1.82) is 0 Å². The fraction of sp³-hybridized carbons (Fsp3) is 0.364. The van der Waals surface area contributed by atoms with Gasteiger partial charge in [0.25, 0.3) is 5.24 Å². The topological polar surface area (TPSA) is 29.1 Å². The van der Waals surface area contributed by atoms with Gasteiger partial charge in [-0.25, -0.2) is 0 Å². The smallest absolute Gasteiger partial charge is 0.276 e. The van der Waals surface area contributed by atoms with Gasteiger partial charge in [0.15, 0.2) is 0 Å². The predicted molar refractivity (Wildman–Crippen MR) is 59.6 cm³/mol. The van der Waals surface area contributed by atoms with Crippen molar-refractivity contribution in [2.75, 3.05) is 0 Å². The van der Waals surface area contributed by atoms with Crippen molar-refractivity contribution in [3.05, 3.63) is 35.4 Å². The SMILES string of the molecule is O=C(S)NC1CCCc2ccccc21. The van der Waals surface area contributed by atoms with Crippen molar-refractivity contribution in [1.82, 2.24) is 5.32 Å². The van der Waals surface area contributed by atoms with E-state index >= 15 is 0 Å². The minimum Gasteiger partial charge on any atom is -0.340 e. The molecule has 3 heteroatoms. The van der Waals surface area contributed by atoms with E-state index in [0.717, 1.165) is 19.3 Å². The molecule has 1 aromatic rings. The number of benzene rings is 1. The maximum Gasteiger partial charge on any atom is 0.276 e. The first-order valence-electron chi connectivity index (χ1n) is 4.84. The van der Waals surface area contributed by atoms with E-state index in [9.17, 15) is 4.79 Å². The van der Waals surface area contributed by atoms with Crippen molar-refractivity contribution in [3.8, 4) is 0 Å². The summed E-state index contributed by atoms with van der Waals surface area (Å²) in [5.41, 5.74) is 2.60. The molecular weight excluding hydrogens is 194 g/mol. The molecule has 74 valence electrons. The van der Waals surface area contributed by atoms with Crippen LogP contribution in [0.5, 0.6) is 0 Å². The molecule has 0 saturated heterocycles. The zero-order chi connectivity index (χ0) is 9.97. The number of rotatable bonds is 1. The van der Waals surface area contributed by atoms with Gasteiger partial charge in [-0.15, -0.1) is 0 Å². The molecule has 1 aliphatic rings. The average Bonchev–Trinajstić information content (AvgIpc) is 2.18. The summed E-state index contributed by atoms with van der Waals surface area (Å²) < 4.78 is 0. The van der Waals surface area contributed by atoms with Crippen LogP contribution in [-0.4, -0.2) is 5.24 Å². The number of carbonyl (C=O) groups excluding carboxylic acids is 1. The predicted octanol–water partition coefficient (Wildman–Crippen LogP) is 2.70. The van der Waals surface area contributed by atoms with Crippen LogP contribution >= 0.6 is 12.6 Å². The highest BCUT2D eigenvalue weighted by Gasteiger charge is 2.19. The Bertz CT molecular complexity index is 351. The first kappa shape index (κ1) is 9.59. The van der Waals surface area contributed by atoms with E-state index in [1.807, 2.05) is 12.1 Å². The van der Waals surface area contributed by atoms with Crippen LogP contribution in [0.4, 0.5) is 4.79 Å². The molecule has 0 radical (unpaired) electrons. The third-order valence-electron chi connectivity index (χ3n) is 2.67. The van der Waals surface area contributed by atoms with Gasteiger partial charge < -0.3 is 5.32 Å². The molecule has 0 fully saturated rings. The Hall–Kier alpha value is -0.960. The molecule has 0 spiro atoms. The van der Waals surface area contributed by atoms with Gasteiger partial charge in [0.05, 0.1) is 6.04 Å². The standard InChI is InChI=1S/C11H13NOS/c13-11(14)12-10-7-3-5-8-4-1-2-6-9(8)10/h1-2,4,6,10H,3,5,7H2,(H2,12,13,14). The zero-order valence-electron chi connectivity index (χ0n) is 7.86. The lowest BCUT2D eigenvalue weighted by Gasteiger charge is -2.25. The molecule has 0 heterocycles. The van der Waals surface area contributed by atoms with E-state index in [4.69, 9.17) is 0 Å². The largest absolute Gasteiger partial charge is 0.340 e. The molecule has 1 aliphatic carbocycles. The van der Waals surface area contributed by atoms with Crippen molar-refractivity contribution in [2.45, 2.75) is 25.3 Å². The number of carbonyl (C=O) groups is 1. The molecule has 2 rings (SSSR count). The molecule has 1 atom stereocenters. The summed E-state index contributed by atoms with van der Waals surface area (Å²) in [6.45, 7) is 0. The lowest BCUT2D eigenvalue weighted by atomic mass is 9.88. The van der Waals surface area contributed by atoms with E-state index in [2.05, 4.69) is 30.1 Å². The molecule has 2 nitrogen and oxygen atoms in total. The van der Waals surface area contributed by atoms with Gasteiger partial charge in [0, 0.05) is 0 Å². The number of thiol groups is 1. The normalized spacial score (nSPS) is 19.9. The Morgan fingerprint density at radius 3 is 3.00 bits per heavy atom. The van der Waals surface area contributed by atoms with Gasteiger partial charge in [-0.05, 0) is 30.4 Å². The van der Waals surface area contributed by atoms with Crippen molar-refractivity contribution in [2.24, 2.45) is 0 Å². The Morgan fingerprint density at radius 2 is 2.21 bits per heavy atom. The minimum absolute atomic E-state index is 0.157. The van der Waals surface area contributed by atoms with E-state index in [1.165, 1.54) is 11.1 Å².